The van der Waals surface area contributed by atoms with Crippen LogP contribution in [0.5, 0.6) is 11.5 Å². The average molecular weight is 398 g/mol. The molecular formula is C22H26N2O5. The molecule has 0 radical (unpaired) electrons. The molecule has 154 valence electrons. The molecule has 1 aromatic carbocycles. The van der Waals surface area contributed by atoms with Gasteiger partial charge in [-0.05, 0) is 44.0 Å². The number of nitrogens with zero attached hydrogens (tertiary/aromatic N) is 2. The molecule has 1 amide bonds. The molecule has 7 nitrogen and oxygen atoms in total. The van der Waals surface area contributed by atoms with Crippen molar-refractivity contribution in [3.05, 3.63) is 53.9 Å². The van der Waals surface area contributed by atoms with Crippen LogP contribution in [-0.4, -0.2) is 46.1 Å². The predicted molar refractivity (Wildman–Crippen MR) is 107 cm³/mol. The van der Waals surface area contributed by atoms with Crippen molar-refractivity contribution < 1.29 is 24.2 Å². The molecule has 0 spiro atoms. The Hall–Kier alpha value is -3.09. The second-order valence-electron chi connectivity index (χ2n) is 7.17. The van der Waals surface area contributed by atoms with Gasteiger partial charge in [-0.2, -0.15) is 0 Å². The van der Waals surface area contributed by atoms with E-state index in [4.69, 9.17) is 9.47 Å². The Kier molecular flexibility index (Phi) is 6.69. The van der Waals surface area contributed by atoms with E-state index < -0.39 is 11.9 Å². The van der Waals surface area contributed by atoms with Crippen molar-refractivity contribution in [2.24, 2.45) is 5.92 Å². The van der Waals surface area contributed by atoms with Crippen LogP contribution in [0.2, 0.25) is 0 Å². The number of benzene rings is 1. The maximum absolute atomic E-state index is 13.1. The second kappa shape index (κ2) is 9.41. The number of amides is 1. The van der Waals surface area contributed by atoms with Crippen LogP contribution in [0, 0.1) is 5.92 Å². The first-order valence-electron chi connectivity index (χ1n) is 9.82. The third kappa shape index (κ3) is 5.47. The van der Waals surface area contributed by atoms with Crippen molar-refractivity contribution in [1.29, 1.82) is 0 Å². The van der Waals surface area contributed by atoms with E-state index in [0.717, 1.165) is 18.4 Å². The normalized spacial score (nSPS) is 14.1. The van der Waals surface area contributed by atoms with Gasteiger partial charge in [0.15, 0.2) is 11.5 Å². The maximum atomic E-state index is 13.1. The van der Waals surface area contributed by atoms with Crippen molar-refractivity contribution >= 4 is 11.9 Å². The van der Waals surface area contributed by atoms with E-state index >= 15 is 0 Å². The van der Waals surface area contributed by atoms with Gasteiger partial charge in [0.1, 0.15) is 6.61 Å². The number of carbonyl (C=O) groups is 2. The molecule has 0 saturated heterocycles. The fourth-order valence-electron chi connectivity index (χ4n) is 3.00. The Morgan fingerprint density at radius 1 is 1.24 bits per heavy atom. The molecule has 1 saturated carbocycles. The largest absolute Gasteiger partial charge is 0.490 e. The molecule has 1 N–H and O–H groups in total. The van der Waals surface area contributed by atoms with Crippen LogP contribution in [0.1, 0.15) is 42.6 Å². The topological polar surface area (TPSA) is 89.0 Å². The van der Waals surface area contributed by atoms with Crippen LogP contribution in [0.15, 0.2) is 42.7 Å². The summed E-state index contributed by atoms with van der Waals surface area (Å²) in [6.07, 6.45) is 5.24. The van der Waals surface area contributed by atoms with Crippen LogP contribution < -0.4 is 9.47 Å². The lowest BCUT2D eigenvalue weighted by Gasteiger charge is -2.25. The molecule has 1 aliphatic carbocycles. The SMILES string of the molecule is CCOc1cc(C(=O)N(CC(C)C(=O)O)C2CC2)ccc1OCc1cccnc1. The monoisotopic (exact) mass is 398 g/mol. The highest BCUT2D eigenvalue weighted by Crippen LogP contribution is 2.33. The van der Waals surface area contributed by atoms with Crippen LogP contribution in [0.4, 0.5) is 0 Å². The van der Waals surface area contributed by atoms with Gasteiger partial charge in [0.2, 0.25) is 0 Å². The average Bonchev–Trinajstić information content (AvgIpc) is 3.56. The van der Waals surface area contributed by atoms with E-state index in [1.165, 1.54) is 0 Å². The second-order valence-corrected chi connectivity index (χ2v) is 7.17. The number of carboxylic acid groups (broad SMARTS) is 1. The van der Waals surface area contributed by atoms with Gasteiger partial charge in [-0.15, -0.1) is 0 Å². The Morgan fingerprint density at radius 2 is 2.03 bits per heavy atom. The Morgan fingerprint density at radius 3 is 2.66 bits per heavy atom. The molecule has 1 aliphatic rings. The standard InChI is InChI=1S/C22H26N2O5/c1-3-28-20-11-17(6-9-19(20)29-14-16-5-4-10-23-12-16)21(25)24(18-7-8-18)13-15(2)22(26)27/h4-6,9-12,15,18H,3,7-8,13-14H2,1-2H3,(H,26,27). The lowest BCUT2D eigenvalue weighted by molar-refractivity contribution is -0.141. The quantitative estimate of drug-likeness (QED) is 0.660. The fraction of sp³-hybridized carbons (Fsp3) is 0.409. The molecular weight excluding hydrogens is 372 g/mol. The van der Waals surface area contributed by atoms with Gasteiger partial charge in [0, 0.05) is 36.1 Å². The first-order valence-corrected chi connectivity index (χ1v) is 9.82. The summed E-state index contributed by atoms with van der Waals surface area (Å²) in [4.78, 5) is 30.0. The number of hydrogen-bond donors (Lipinski definition) is 1. The minimum Gasteiger partial charge on any atom is -0.490 e. The lowest BCUT2D eigenvalue weighted by Crippen LogP contribution is -2.38. The van der Waals surface area contributed by atoms with Crippen LogP contribution >= 0.6 is 0 Å². The van der Waals surface area contributed by atoms with Crippen molar-refractivity contribution in [2.75, 3.05) is 13.2 Å². The van der Waals surface area contributed by atoms with E-state index in [0.29, 0.717) is 30.3 Å². The number of aromatic nitrogens is 1. The van der Waals surface area contributed by atoms with Gasteiger partial charge < -0.3 is 19.5 Å². The minimum atomic E-state index is -0.905. The van der Waals surface area contributed by atoms with E-state index in [2.05, 4.69) is 4.98 Å². The molecule has 29 heavy (non-hydrogen) atoms. The predicted octanol–water partition coefficient (Wildman–Crippen LogP) is 3.38. The zero-order valence-electron chi connectivity index (χ0n) is 16.7. The molecule has 1 unspecified atom stereocenters. The highest BCUT2D eigenvalue weighted by molar-refractivity contribution is 5.95. The summed E-state index contributed by atoms with van der Waals surface area (Å²) in [6, 6.07) is 8.97. The highest BCUT2D eigenvalue weighted by atomic mass is 16.5. The number of ether oxygens (including phenoxy) is 2. The summed E-state index contributed by atoms with van der Waals surface area (Å²) in [6.45, 7) is 4.45. The Bertz CT molecular complexity index is 852. The summed E-state index contributed by atoms with van der Waals surface area (Å²) in [5.74, 6) is -0.667. The molecule has 1 heterocycles. The van der Waals surface area contributed by atoms with Gasteiger partial charge >= 0.3 is 5.97 Å². The van der Waals surface area contributed by atoms with E-state index in [1.54, 1.807) is 42.4 Å². The van der Waals surface area contributed by atoms with Crippen LogP contribution in [-0.2, 0) is 11.4 Å². The molecule has 1 atom stereocenters. The van der Waals surface area contributed by atoms with E-state index in [1.807, 2.05) is 19.1 Å². The summed E-state index contributed by atoms with van der Waals surface area (Å²) in [5.41, 5.74) is 1.39. The van der Waals surface area contributed by atoms with Gasteiger partial charge in [-0.25, -0.2) is 0 Å². The van der Waals surface area contributed by atoms with Gasteiger partial charge in [0.25, 0.3) is 5.91 Å². The third-order valence-corrected chi connectivity index (χ3v) is 4.75. The molecule has 3 rings (SSSR count). The van der Waals surface area contributed by atoms with Crippen molar-refractivity contribution in [3.8, 4) is 11.5 Å². The van der Waals surface area contributed by atoms with Crippen molar-refractivity contribution in [2.45, 2.75) is 39.3 Å². The minimum absolute atomic E-state index is 0.112. The summed E-state index contributed by atoms with van der Waals surface area (Å²) in [7, 11) is 0. The van der Waals surface area contributed by atoms with Gasteiger partial charge in [-0.1, -0.05) is 13.0 Å². The van der Waals surface area contributed by atoms with Crippen molar-refractivity contribution in [1.82, 2.24) is 9.88 Å². The molecule has 1 aromatic heterocycles. The van der Waals surface area contributed by atoms with E-state index in [-0.39, 0.29) is 18.5 Å². The molecule has 0 aliphatic heterocycles. The maximum Gasteiger partial charge on any atom is 0.308 e. The summed E-state index contributed by atoms with van der Waals surface area (Å²) >= 11 is 0. The molecule has 2 aromatic rings. The number of pyridine rings is 1. The number of rotatable bonds is 10. The molecule has 1 fully saturated rings. The number of carboxylic acids is 1. The Balaban J connectivity index is 1.77. The van der Waals surface area contributed by atoms with Crippen molar-refractivity contribution in [3.63, 3.8) is 0 Å². The molecule has 0 bridgehead atoms. The highest BCUT2D eigenvalue weighted by Gasteiger charge is 2.35. The summed E-state index contributed by atoms with van der Waals surface area (Å²) in [5, 5.41) is 9.21. The number of hydrogen-bond acceptors (Lipinski definition) is 5. The van der Waals surface area contributed by atoms with Crippen LogP contribution in [0.3, 0.4) is 0 Å². The third-order valence-electron chi connectivity index (χ3n) is 4.75. The van der Waals surface area contributed by atoms with Crippen LogP contribution in [0.25, 0.3) is 0 Å². The first-order chi connectivity index (χ1) is 14.0. The smallest absolute Gasteiger partial charge is 0.308 e. The van der Waals surface area contributed by atoms with Gasteiger partial charge in [0.05, 0.1) is 12.5 Å². The first kappa shape index (κ1) is 20.6. The zero-order chi connectivity index (χ0) is 20.8. The van der Waals surface area contributed by atoms with Gasteiger partial charge in [-0.3, -0.25) is 14.6 Å². The lowest BCUT2D eigenvalue weighted by atomic mass is 10.1. The van der Waals surface area contributed by atoms with E-state index in [9.17, 15) is 14.7 Å². The molecule has 7 heteroatoms. The fourth-order valence-corrected chi connectivity index (χ4v) is 3.00. The summed E-state index contributed by atoms with van der Waals surface area (Å²) < 4.78 is 11.5. The number of carbonyl (C=O) groups excluding carboxylic acids is 1. The number of aliphatic carboxylic acids is 1. The zero-order valence-corrected chi connectivity index (χ0v) is 16.7. The Labute approximate surface area is 170 Å².